The highest BCUT2D eigenvalue weighted by Crippen LogP contribution is 2.35. The zero-order valence-corrected chi connectivity index (χ0v) is 21.9. The standard InChI is InChI=1S/C28H33ClN4O4/c1-36-24-10-6-20(7-11-24)25-18-26(21-4-8-23(29)9-5-21)33(30-25)27(34)19-32(28(35)22-2-3-22)13-12-31-14-16-37-17-15-31/h4-11,22,26H,2-3,12-19H2,1H3. The number of carbonyl (C=O) groups excluding carboxylic acids is 2. The molecular formula is C28H33ClN4O4. The van der Waals surface area contributed by atoms with Gasteiger partial charge in [-0.15, -0.1) is 0 Å². The molecule has 2 heterocycles. The smallest absolute Gasteiger partial charge is 0.262 e. The Morgan fingerprint density at radius 2 is 1.78 bits per heavy atom. The minimum absolute atomic E-state index is 0.0170. The summed E-state index contributed by atoms with van der Waals surface area (Å²) in [7, 11) is 1.63. The second kappa shape index (κ2) is 11.6. The van der Waals surface area contributed by atoms with E-state index in [0.717, 1.165) is 55.1 Å². The summed E-state index contributed by atoms with van der Waals surface area (Å²) in [5.74, 6) is 0.697. The molecule has 1 aliphatic carbocycles. The van der Waals surface area contributed by atoms with E-state index in [1.54, 1.807) is 17.0 Å². The third-order valence-electron chi connectivity index (χ3n) is 7.20. The van der Waals surface area contributed by atoms with Gasteiger partial charge in [0, 0.05) is 43.5 Å². The highest BCUT2D eigenvalue weighted by molar-refractivity contribution is 6.30. The lowest BCUT2D eigenvalue weighted by Gasteiger charge is -2.31. The summed E-state index contributed by atoms with van der Waals surface area (Å²) in [6.07, 6.45) is 2.37. The van der Waals surface area contributed by atoms with E-state index in [4.69, 9.17) is 26.2 Å². The van der Waals surface area contributed by atoms with Gasteiger partial charge in [-0.25, -0.2) is 5.01 Å². The van der Waals surface area contributed by atoms with E-state index in [9.17, 15) is 9.59 Å². The van der Waals surface area contributed by atoms with Crippen molar-refractivity contribution in [2.24, 2.45) is 11.0 Å². The van der Waals surface area contributed by atoms with Crippen LogP contribution >= 0.6 is 11.6 Å². The molecular weight excluding hydrogens is 492 g/mol. The van der Waals surface area contributed by atoms with Crippen LogP contribution in [0.3, 0.4) is 0 Å². The molecule has 2 amide bonds. The maximum absolute atomic E-state index is 13.7. The van der Waals surface area contributed by atoms with Crippen molar-refractivity contribution in [3.63, 3.8) is 0 Å². The van der Waals surface area contributed by atoms with Crippen LogP contribution in [0.4, 0.5) is 0 Å². The zero-order chi connectivity index (χ0) is 25.8. The molecule has 0 N–H and O–H groups in total. The van der Waals surface area contributed by atoms with Gasteiger partial charge in [0.05, 0.1) is 32.1 Å². The fourth-order valence-electron chi connectivity index (χ4n) is 4.82. The van der Waals surface area contributed by atoms with Gasteiger partial charge in [-0.3, -0.25) is 14.5 Å². The van der Waals surface area contributed by atoms with E-state index in [2.05, 4.69) is 4.90 Å². The number of carbonyl (C=O) groups is 2. The number of rotatable bonds is 9. The van der Waals surface area contributed by atoms with Crippen molar-refractivity contribution in [2.75, 3.05) is 53.0 Å². The molecule has 0 bridgehead atoms. The van der Waals surface area contributed by atoms with Gasteiger partial charge in [0.1, 0.15) is 12.3 Å². The van der Waals surface area contributed by atoms with E-state index in [1.807, 2.05) is 48.5 Å². The van der Waals surface area contributed by atoms with Gasteiger partial charge in [0.25, 0.3) is 5.91 Å². The number of halogens is 1. The van der Waals surface area contributed by atoms with Crippen molar-refractivity contribution in [2.45, 2.75) is 25.3 Å². The Balaban J connectivity index is 1.35. The molecule has 1 atom stereocenters. The molecule has 1 saturated heterocycles. The fourth-order valence-corrected chi connectivity index (χ4v) is 4.95. The summed E-state index contributed by atoms with van der Waals surface area (Å²) in [4.78, 5) is 30.9. The maximum Gasteiger partial charge on any atom is 0.262 e. The van der Waals surface area contributed by atoms with Crippen LogP contribution in [0.5, 0.6) is 5.75 Å². The normalized spacial score (nSPS) is 20.0. The number of nitrogens with zero attached hydrogens (tertiary/aromatic N) is 4. The highest BCUT2D eigenvalue weighted by Gasteiger charge is 2.38. The van der Waals surface area contributed by atoms with Gasteiger partial charge >= 0.3 is 0 Å². The summed E-state index contributed by atoms with van der Waals surface area (Å²) in [6, 6.07) is 15.0. The molecule has 9 heteroatoms. The van der Waals surface area contributed by atoms with Crippen molar-refractivity contribution in [3.8, 4) is 5.75 Å². The molecule has 196 valence electrons. The summed E-state index contributed by atoms with van der Waals surface area (Å²) < 4.78 is 10.7. The molecule has 2 aromatic rings. The number of hydrogen-bond acceptors (Lipinski definition) is 6. The van der Waals surface area contributed by atoms with Crippen LogP contribution < -0.4 is 4.74 Å². The Bertz CT molecular complexity index is 1130. The molecule has 3 aliphatic rings. The SMILES string of the molecule is COc1ccc(C2=NN(C(=O)CN(CCN3CCOCC3)C(=O)C3CC3)C(c3ccc(Cl)cc3)C2)cc1. The predicted molar refractivity (Wildman–Crippen MR) is 142 cm³/mol. The maximum atomic E-state index is 13.7. The summed E-state index contributed by atoms with van der Waals surface area (Å²) >= 11 is 6.13. The van der Waals surface area contributed by atoms with Gasteiger partial charge < -0.3 is 14.4 Å². The molecule has 0 spiro atoms. The number of hydrogen-bond donors (Lipinski definition) is 0. The predicted octanol–water partition coefficient (Wildman–Crippen LogP) is 3.60. The Kier molecular flexibility index (Phi) is 8.08. The Morgan fingerprint density at radius 3 is 2.43 bits per heavy atom. The van der Waals surface area contributed by atoms with Crippen molar-refractivity contribution in [3.05, 3.63) is 64.7 Å². The largest absolute Gasteiger partial charge is 0.497 e. The first kappa shape index (κ1) is 25.7. The molecule has 1 saturated carbocycles. The molecule has 2 fully saturated rings. The minimum atomic E-state index is -0.265. The van der Waals surface area contributed by atoms with E-state index in [-0.39, 0.29) is 30.3 Å². The third kappa shape index (κ3) is 6.32. The van der Waals surface area contributed by atoms with Crippen LogP contribution in [0.1, 0.15) is 36.4 Å². The van der Waals surface area contributed by atoms with Gasteiger partial charge in [-0.2, -0.15) is 5.10 Å². The first-order chi connectivity index (χ1) is 18.0. The molecule has 2 aromatic carbocycles. The van der Waals surface area contributed by atoms with Crippen molar-refractivity contribution >= 4 is 29.1 Å². The number of hydrazone groups is 1. The fraction of sp³-hybridized carbons (Fsp3) is 0.464. The van der Waals surface area contributed by atoms with Gasteiger partial charge in [-0.1, -0.05) is 23.7 Å². The van der Waals surface area contributed by atoms with Crippen LogP contribution in [0.15, 0.2) is 53.6 Å². The van der Waals surface area contributed by atoms with Crippen molar-refractivity contribution < 1.29 is 19.1 Å². The molecule has 0 aromatic heterocycles. The molecule has 1 unspecified atom stereocenters. The molecule has 0 radical (unpaired) electrons. The number of benzene rings is 2. The Morgan fingerprint density at radius 1 is 1.08 bits per heavy atom. The van der Waals surface area contributed by atoms with E-state index in [0.29, 0.717) is 31.2 Å². The lowest BCUT2D eigenvalue weighted by atomic mass is 9.98. The second-order valence-corrected chi connectivity index (χ2v) is 10.2. The van der Waals surface area contributed by atoms with Gasteiger partial charge in [-0.05, 0) is 60.4 Å². The monoisotopic (exact) mass is 524 g/mol. The number of morpholine rings is 1. The van der Waals surface area contributed by atoms with Crippen LogP contribution in [-0.2, 0) is 14.3 Å². The van der Waals surface area contributed by atoms with E-state index in [1.165, 1.54) is 0 Å². The first-order valence-electron chi connectivity index (χ1n) is 12.9. The van der Waals surface area contributed by atoms with Crippen LogP contribution in [0.2, 0.25) is 5.02 Å². The summed E-state index contributed by atoms with van der Waals surface area (Å²) in [6.45, 7) is 4.37. The summed E-state index contributed by atoms with van der Waals surface area (Å²) in [5.41, 5.74) is 2.72. The zero-order valence-electron chi connectivity index (χ0n) is 21.1. The van der Waals surface area contributed by atoms with Crippen molar-refractivity contribution in [1.82, 2.24) is 14.8 Å². The van der Waals surface area contributed by atoms with Gasteiger partial charge in [0.2, 0.25) is 5.91 Å². The van der Waals surface area contributed by atoms with Crippen LogP contribution in [-0.4, -0.2) is 85.4 Å². The van der Waals surface area contributed by atoms with Crippen molar-refractivity contribution in [1.29, 1.82) is 0 Å². The Labute approximate surface area is 222 Å². The molecule has 37 heavy (non-hydrogen) atoms. The average molecular weight is 525 g/mol. The highest BCUT2D eigenvalue weighted by atomic mass is 35.5. The minimum Gasteiger partial charge on any atom is -0.497 e. The van der Waals surface area contributed by atoms with Crippen LogP contribution in [0.25, 0.3) is 0 Å². The van der Waals surface area contributed by atoms with Crippen LogP contribution in [0, 0.1) is 5.92 Å². The average Bonchev–Trinajstić information content (AvgIpc) is 3.69. The number of amides is 2. The number of methoxy groups -OCH3 is 1. The third-order valence-corrected chi connectivity index (χ3v) is 7.45. The summed E-state index contributed by atoms with van der Waals surface area (Å²) in [5, 5.41) is 6.98. The lowest BCUT2D eigenvalue weighted by Crippen LogP contribution is -2.47. The number of ether oxygens (including phenoxy) is 2. The molecule has 5 rings (SSSR count). The Hall–Kier alpha value is -2.94. The molecule has 8 nitrogen and oxygen atoms in total. The van der Waals surface area contributed by atoms with Gasteiger partial charge in [0.15, 0.2) is 0 Å². The van der Waals surface area contributed by atoms with E-state index >= 15 is 0 Å². The lowest BCUT2D eigenvalue weighted by molar-refractivity contribution is -0.142. The first-order valence-corrected chi connectivity index (χ1v) is 13.3. The quantitative estimate of drug-likeness (QED) is 0.501. The second-order valence-electron chi connectivity index (χ2n) is 9.77. The molecule has 2 aliphatic heterocycles. The van der Waals surface area contributed by atoms with E-state index < -0.39 is 0 Å². The topological polar surface area (TPSA) is 74.7 Å².